The Kier molecular flexibility index (Phi) is 4.46. The molecule has 1 aliphatic rings. The maximum atomic E-state index is 6.08. The second-order valence-corrected chi connectivity index (χ2v) is 5.99. The molecule has 3 nitrogen and oxygen atoms in total. The Morgan fingerprint density at radius 2 is 1.95 bits per heavy atom. The van der Waals surface area contributed by atoms with Gasteiger partial charge in [0.15, 0.2) is 0 Å². The summed E-state index contributed by atoms with van der Waals surface area (Å²) in [7, 11) is 1.73. The molecule has 0 amide bonds. The van der Waals surface area contributed by atoms with Crippen molar-refractivity contribution in [3.63, 3.8) is 0 Å². The largest absolute Gasteiger partial charge is 0.496 e. The van der Waals surface area contributed by atoms with Gasteiger partial charge in [-0.25, -0.2) is 0 Å². The molecule has 0 unspecified atom stereocenters. The zero-order chi connectivity index (χ0) is 13.9. The molecule has 0 aromatic carbocycles. The van der Waals surface area contributed by atoms with E-state index in [0.29, 0.717) is 0 Å². The zero-order valence-corrected chi connectivity index (χ0v) is 12.5. The quantitative estimate of drug-likeness (QED) is 0.906. The van der Waals surface area contributed by atoms with E-state index >= 15 is 0 Å². The van der Waals surface area contributed by atoms with Crippen LogP contribution in [0.2, 0.25) is 0 Å². The molecule has 0 saturated heterocycles. The highest BCUT2D eigenvalue weighted by molar-refractivity contribution is 5.41. The molecule has 1 fully saturated rings. The Bertz CT molecular complexity index is 437. The van der Waals surface area contributed by atoms with Crippen molar-refractivity contribution in [1.82, 2.24) is 4.98 Å². The lowest BCUT2D eigenvalue weighted by Crippen LogP contribution is -2.35. The number of aryl methyl sites for hydroxylation is 1. The highest BCUT2D eigenvalue weighted by Crippen LogP contribution is 2.39. The highest BCUT2D eigenvalue weighted by Gasteiger charge is 2.32. The average molecular weight is 262 g/mol. The van der Waals surface area contributed by atoms with Gasteiger partial charge in [0.25, 0.3) is 0 Å². The molecule has 2 rings (SSSR count). The highest BCUT2D eigenvalue weighted by atomic mass is 16.5. The molecule has 2 N–H and O–H groups in total. The van der Waals surface area contributed by atoms with Gasteiger partial charge in [0.05, 0.1) is 7.11 Å². The van der Waals surface area contributed by atoms with Crippen LogP contribution in [0.4, 0.5) is 0 Å². The third kappa shape index (κ3) is 2.92. The number of ether oxygens (including phenoxy) is 1. The summed E-state index contributed by atoms with van der Waals surface area (Å²) >= 11 is 0. The number of nitrogens with two attached hydrogens (primary N) is 1. The standard InChI is InChI=1S/C16H26N2O/c1-12-10-18-14(13(2)15(12)19-3)9-16(11-17)7-5-4-6-8-16/h10H,4-9,11,17H2,1-3H3. The maximum Gasteiger partial charge on any atom is 0.128 e. The SMILES string of the molecule is COc1c(C)cnc(CC2(CN)CCCCC2)c1C. The van der Waals surface area contributed by atoms with Gasteiger partial charge in [-0.3, -0.25) is 4.98 Å². The maximum absolute atomic E-state index is 6.08. The molecule has 1 aromatic rings. The summed E-state index contributed by atoms with van der Waals surface area (Å²) in [6, 6.07) is 0. The summed E-state index contributed by atoms with van der Waals surface area (Å²) in [5.74, 6) is 0.980. The van der Waals surface area contributed by atoms with Crippen molar-refractivity contribution in [2.45, 2.75) is 52.4 Å². The topological polar surface area (TPSA) is 48.1 Å². The number of rotatable bonds is 4. The van der Waals surface area contributed by atoms with E-state index in [1.54, 1.807) is 7.11 Å². The van der Waals surface area contributed by atoms with Crippen LogP contribution >= 0.6 is 0 Å². The van der Waals surface area contributed by atoms with Crippen molar-refractivity contribution in [2.24, 2.45) is 11.1 Å². The van der Waals surface area contributed by atoms with Gasteiger partial charge in [-0.05, 0) is 45.1 Å². The minimum Gasteiger partial charge on any atom is -0.496 e. The fraction of sp³-hybridized carbons (Fsp3) is 0.688. The Morgan fingerprint density at radius 3 is 2.53 bits per heavy atom. The van der Waals surface area contributed by atoms with E-state index in [4.69, 9.17) is 10.5 Å². The smallest absolute Gasteiger partial charge is 0.128 e. The number of hydrogen-bond acceptors (Lipinski definition) is 3. The lowest BCUT2D eigenvalue weighted by molar-refractivity contribution is 0.195. The van der Waals surface area contributed by atoms with Gasteiger partial charge < -0.3 is 10.5 Å². The molecule has 0 aliphatic heterocycles. The molecular weight excluding hydrogens is 236 g/mol. The van der Waals surface area contributed by atoms with Crippen LogP contribution in [0.5, 0.6) is 5.75 Å². The van der Waals surface area contributed by atoms with Crippen molar-refractivity contribution in [2.75, 3.05) is 13.7 Å². The van der Waals surface area contributed by atoms with Gasteiger partial charge in [0.1, 0.15) is 5.75 Å². The summed E-state index contributed by atoms with van der Waals surface area (Å²) in [5, 5.41) is 0. The van der Waals surface area contributed by atoms with E-state index < -0.39 is 0 Å². The monoisotopic (exact) mass is 262 g/mol. The first kappa shape index (κ1) is 14.3. The molecule has 1 heterocycles. The van der Waals surface area contributed by atoms with Crippen LogP contribution in [-0.4, -0.2) is 18.6 Å². The average Bonchev–Trinajstić information content (AvgIpc) is 2.44. The summed E-state index contributed by atoms with van der Waals surface area (Å²) < 4.78 is 5.50. The number of pyridine rings is 1. The summed E-state index contributed by atoms with van der Waals surface area (Å²) in [6.45, 7) is 4.92. The Labute approximate surface area is 116 Å². The fourth-order valence-corrected chi connectivity index (χ4v) is 3.36. The Hall–Kier alpha value is -1.09. The third-order valence-electron chi connectivity index (χ3n) is 4.64. The first-order valence-electron chi connectivity index (χ1n) is 7.31. The molecule has 3 heteroatoms. The van der Waals surface area contributed by atoms with Crippen molar-refractivity contribution in [3.05, 3.63) is 23.0 Å². The van der Waals surface area contributed by atoms with E-state index in [1.165, 1.54) is 37.7 Å². The molecule has 0 spiro atoms. The van der Waals surface area contributed by atoms with E-state index in [0.717, 1.165) is 30.0 Å². The predicted molar refractivity (Wildman–Crippen MR) is 78.5 cm³/mol. The number of aromatic nitrogens is 1. The van der Waals surface area contributed by atoms with Crippen molar-refractivity contribution in [3.8, 4) is 5.75 Å². The number of hydrogen-bond donors (Lipinski definition) is 1. The van der Waals surface area contributed by atoms with E-state index in [9.17, 15) is 0 Å². The van der Waals surface area contributed by atoms with Crippen molar-refractivity contribution < 1.29 is 4.74 Å². The van der Waals surface area contributed by atoms with Crippen LogP contribution in [0.15, 0.2) is 6.20 Å². The molecule has 1 aromatic heterocycles. The first-order valence-corrected chi connectivity index (χ1v) is 7.31. The van der Waals surface area contributed by atoms with Gasteiger partial charge in [0, 0.05) is 23.0 Å². The predicted octanol–water partition coefficient (Wildman–Crippen LogP) is 3.16. The fourth-order valence-electron chi connectivity index (χ4n) is 3.36. The minimum atomic E-state index is 0.260. The van der Waals surface area contributed by atoms with E-state index in [2.05, 4.69) is 11.9 Å². The molecule has 1 aliphatic carbocycles. The van der Waals surface area contributed by atoms with Crippen LogP contribution in [0, 0.1) is 19.3 Å². The van der Waals surface area contributed by atoms with E-state index in [-0.39, 0.29) is 5.41 Å². The van der Waals surface area contributed by atoms with Crippen molar-refractivity contribution in [1.29, 1.82) is 0 Å². The lowest BCUT2D eigenvalue weighted by atomic mass is 9.71. The van der Waals surface area contributed by atoms with Crippen LogP contribution in [0.3, 0.4) is 0 Å². The van der Waals surface area contributed by atoms with Gasteiger partial charge in [-0.2, -0.15) is 0 Å². The van der Waals surface area contributed by atoms with Crippen molar-refractivity contribution >= 4 is 0 Å². The Morgan fingerprint density at radius 1 is 1.26 bits per heavy atom. The normalized spacial score (nSPS) is 18.3. The molecule has 0 bridgehead atoms. The van der Waals surface area contributed by atoms with Crippen LogP contribution in [0.25, 0.3) is 0 Å². The van der Waals surface area contributed by atoms with Gasteiger partial charge in [-0.1, -0.05) is 19.3 Å². The van der Waals surface area contributed by atoms with E-state index in [1.807, 2.05) is 13.1 Å². The summed E-state index contributed by atoms with van der Waals surface area (Å²) in [5.41, 5.74) is 9.79. The molecule has 1 saturated carbocycles. The van der Waals surface area contributed by atoms with Crippen LogP contribution in [-0.2, 0) is 6.42 Å². The van der Waals surface area contributed by atoms with Gasteiger partial charge >= 0.3 is 0 Å². The Balaban J connectivity index is 2.27. The molecule has 106 valence electrons. The zero-order valence-electron chi connectivity index (χ0n) is 12.5. The summed E-state index contributed by atoms with van der Waals surface area (Å²) in [6.07, 6.45) is 9.35. The summed E-state index contributed by atoms with van der Waals surface area (Å²) in [4.78, 5) is 4.64. The molecule has 0 atom stereocenters. The third-order valence-corrected chi connectivity index (χ3v) is 4.64. The second-order valence-electron chi connectivity index (χ2n) is 5.99. The number of nitrogens with zero attached hydrogens (tertiary/aromatic N) is 1. The molecule has 19 heavy (non-hydrogen) atoms. The second kappa shape index (κ2) is 5.91. The van der Waals surface area contributed by atoms with Crippen LogP contribution < -0.4 is 10.5 Å². The van der Waals surface area contributed by atoms with Gasteiger partial charge in [0.2, 0.25) is 0 Å². The minimum absolute atomic E-state index is 0.260. The molecule has 0 radical (unpaired) electrons. The molecular formula is C16H26N2O. The van der Waals surface area contributed by atoms with Gasteiger partial charge in [-0.15, -0.1) is 0 Å². The number of methoxy groups -OCH3 is 1. The lowest BCUT2D eigenvalue weighted by Gasteiger charge is -2.36. The first-order chi connectivity index (χ1) is 9.12. The van der Waals surface area contributed by atoms with Crippen LogP contribution in [0.1, 0.15) is 48.9 Å².